The SMILES string of the molecule is CCN(C(=O)CNC1CCC(SC)CC1)C1CC1. The van der Waals surface area contributed by atoms with Crippen molar-refractivity contribution in [3.8, 4) is 0 Å². The van der Waals surface area contributed by atoms with Crippen molar-refractivity contribution in [3.05, 3.63) is 0 Å². The second kappa shape index (κ2) is 6.80. The molecular formula is C14H26N2OS. The highest BCUT2D eigenvalue weighted by molar-refractivity contribution is 7.99. The lowest BCUT2D eigenvalue weighted by molar-refractivity contribution is -0.130. The molecular weight excluding hydrogens is 244 g/mol. The summed E-state index contributed by atoms with van der Waals surface area (Å²) in [7, 11) is 0. The Labute approximate surface area is 115 Å². The lowest BCUT2D eigenvalue weighted by Crippen LogP contribution is -2.43. The lowest BCUT2D eigenvalue weighted by Gasteiger charge is -2.29. The maximum absolute atomic E-state index is 12.1. The van der Waals surface area contributed by atoms with Gasteiger partial charge in [0.2, 0.25) is 5.91 Å². The number of likely N-dealkylation sites (N-methyl/N-ethyl adjacent to an activating group) is 1. The molecule has 3 nitrogen and oxygen atoms in total. The number of rotatable bonds is 6. The standard InChI is InChI=1S/C14H26N2OS/c1-3-16(12-6-7-12)14(17)10-15-11-4-8-13(18-2)9-5-11/h11-13,15H,3-10H2,1-2H3. The molecule has 0 aliphatic heterocycles. The van der Waals surface area contributed by atoms with E-state index in [4.69, 9.17) is 0 Å². The van der Waals surface area contributed by atoms with Gasteiger partial charge in [0.15, 0.2) is 0 Å². The van der Waals surface area contributed by atoms with Crippen molar-refractivity contribution >= 4 is 17.7 Å². The van der Waals surface area contributed by atoms with Crippen molar-refractivity contribution in [2.24, 2.45) is 0 Å². The molecule has 0 aromatic rings. The number of thioether (sulfide) groups is 1. The Hall–Kier alpha value is -0.220. The molecule has 1 N–H and O–H groups in total. The molecule has 0 unspecified atom stereocenters. The molecule has 0 aromatic heterocycles. The van der Waals surface area contributed by atoms with E-state index in [0.717, 1.165) is 11.8 Å². The van der Waals surface area contributed by atoms with Crippen molar-refractivity contribution in [3.63, 3.8) is 0 Å². The van der Waals surface area contributed by atoms with Gasteiger partial charge >= 0.3 is 0 Å². The molecule has 4 heteroatoms. The smallest absolute Gasteiger partial charge is 0.236 e. The zero-order valence-electron chi connectivity index (χ0n) is 11.7. The van der Waals surface area contributed by atoms with E-state index >= 15 is 0 Å². The first kappa shape index (κ1) is 14.2. The Bertz CT molecular complexity index is 273. The van der Waals surface area contributed by atoms with Crippen LogP contribution in [-0.2, 0) is 4.79 Å². The van der Waals surface area contributed by atoms with Crippen LogP contribution in [0.15, 0.2) is 0 Å². The summed E-state index contributed by atoms with van der Waals surface area (Å²) in [6.07, 6.45) is 9.68. The Kier molecular flexibility index (Phi) is 5.37. The van der Waals surface area contributed by atoms with E-state index in [2.05, 4.69) is 18.5 Å². The van der Waals surface area contributed by atoms with E-state index < -0.39 is 0 Å². The molecule has 2 rings (SSSR count). The molecule has 0 spiro atoms. The highest BCUT2D eigenvalue weighted by Gasteiger charge is 2.31. The van der Waals surface area contributed by atoms with Crippen LogP contribution in [0.3, 0.4) is 0 Å². The van der Waals surface area contributed by atoms with Gasteiger partial charge in [-0.05, 0) is 51.7 Å². The number of nitrogens with one attached hydrogen (secondary N) is 1. The van der Waals surface area contributed by atoms with Crippen molar-refractivity contribution in [2.45, 2.75) is 62.8 Å². The highest BCUT2D eigenvalue weighted by atomic mass is 32.2. The minimum Gasteiger partial charge on any atom is -0.339 e. The zero-order chi connectivity index (χ0) is 13.0. The fourth-order valence-corrected chi connectivity index (χ4v) is 3.60. The summed E-state index contributed by atoms with van der Waals surface area (Å²) in [5.41, 5.74) is 0. The molecule has 0 atom stereocenters. The summed E-state index contributed by atoms with van der Waals surface area (Å²) in [6, 6.07) is 1.12. The first-order valence-electron chi connectivity index (χ1n) is 7.30. The maximum atomic E-state index is 12.1. The van der Waals surface area contributed by atoms with Gasteiger partial charge in [-0.15, -0.1) is 0 Å². The van der Waals surface area contributed by atoms with Crippen LogP contribution in [0.2, 0.25) is 0 Å². The van der Waals surface area contributed by atoms with Gasteiger partial charge in [0.25, 0.3) is 0 Å². The molecule has 18 heavy (non-hydrogen) atoms. The van der Waals surface area contributed by atoms with Crippen LogP contribution < -0.4 is 5.32 Å². The summed E-state index contributed by atoms with van der Waals surface area (Å²) in [4.78, 5) is 14.1. The minimum atomic E-state index is 0.298. The molecule has 2 saturated carbocycles. The third kappa shape index (κ3) is 3.89. The number of hydrogen-bond acceptors (Lipinski definition) is 3. The van der Waals surface area contributed by atoms with Crippen LogP contribution in [0, 0.1) is 0 Å². The largest absolute Gasteiger partial charge is 0.339 e. The molecule has 1 amide bonds. The van der Waals surface area contributed by atoms with E-state index in [1.54, 1.807) is 0 Å². The first-order chi connectivity index (χ1) is 8.74. The number of amides is 1. The Morgan fingerprint density at radius 3 is 2.39 bits per heavy atom. The van der Waals surface area contributed by atoms with Crippen molar-refractivity contribution in [2.75, 3.05) is 19.3 Å². The van der Waals surface area contributed by atoms with Gasteiger partial charge in [-0.25, -0.2) is 0 Å². The fourth-order valence-electron chi connectivity index (χ4n) is 2.86. The third-order valence-electron chi connectivity index (χ3n) is 4.20. The van der Waals surface area contributed by atoms with Crippen LogP contribution in [0.25, 0.3) is 0 Å². The second-order valence-corrected chi connectivity index (χ2v) is 6.64. The van der Waals surface area contributed by atoms with Crippen molar-refractivity contribution in [1.29, 1.82) is 0 Å². The van der Waals surface area contributed by atoms with E-state index in [0.29, 0.717) is 24.5 Å². The summed E-state index contributed by atoms with van der Waals surface area (Å²) in [5.74, 6) is 0.298. The molecule has 0 radical (unpaired) electrons. The van der Waals surface area contributed by atoms with Gasteiger partial charge < -0.3 is 10.2 Å². The normalized spacial score (nSPS) is 28.1. The number of carbonyl (C=O) groups excluding carboxylic acids is 1. The van der Waals surface area contributed by atoms with Crippen molar-refractivity contribution in [1.82, 2.24) is 10.2 Å². The molecule has 2 aliphatic carbocycles. The molecule has 2 fully saturated rings. The average Bonchev–Trinajstić information content (AvgIpc) is 3.22. The van der Waals surface area contributed by atoms with Crippen LogP contribution in [0.1, 0.15) is 45.4 Å². The van der Waals surface area contributed by atoms with Gasteiger partial charge in [-0.1, -0.05) is 0 Å². The van der Waals surface area contributed by atoms with Crippen LogP contribution in [0.4, 0.5) is 0 Å². The van der Waals surface area contributed by atoms with E-state index in [-0.39, 0.29) is 0 Å². The Balaban J connectivity index is 1.66. The molecule has 0 aromatic carbocycles. The van der Waals surface area contributed by atoms with E-state index in [1.807, 2.05) is 16.7 Å². The summed E-state index contributed by atoms with van der Waals surface area (Å²) in [6.45, 7) is 3.49. The molecule has 0 bridgehead atoms. The molecule has 0 heterocycles. The number of hydrogen-bond donors (Lipinski definition) is 1. The molecule has 104 valence electrons. The predicted octanol–water partition coefficient (Wildman–Crippen LogP) is 2.26. The van der Waals surface area contributed by atoms with E-state index in [1.165, 1.54) is 38.5 Å². The van der Waals surface area contributed by atoms with Crippen LogP contribution in [0.5, 0.6) is 0 Å². The highest BCUT2D eigenvalue weighted by Crippen LogP contribution is 2.28. The second-order valence-electron chi connectivity index (χ2n) is 5.50. The molecule has 0 saturated heterocycles. The monoisotopic (exact) mass is 270 g/mol. The predicted molar refractivity (Wildman–Crippen MR) is 78.0 cm³/mol. The fraction of sp³-hybridized carbons (Fsp3) is 0.929. The number of nitrogens with zero attached hydrogens (tertiary/aromatic N) is 1. The molecule has 2 aliphatic rings. The summed E-state index contributed by atoms with van der Waals surface area (Å²) in [5, 5.41) is 4.31. The average molecular weight is 270 g/mol. The van der Waals surface area contributed by atoms with Crippen LogP contribution >= 0.6 is 11.8 Å². The topological polar surface area (TPSA) is 32.3 Å². The minimum absolute atomic E-state index is 0.298. The van der Waals surface area contributed by atoms with Gasteiger partial charge in [0.1, 0.15) is 0 Å². The lowest BCUT2D eigenvalue weighted by atomic mass is 9.95. The van der Waals surface area contributed by atoms with Crippen molar-refractivity contribution < 1.29 is 4.79 Å². The Morgan fingerprint density at radius 2 is 1.89 bits per heavy atom. The summed E-state index contributed by atoms with van der Waals surface area (Å²) >= 11 is 1.99. The van der Waals surface area contributed by atoms with Gasteiger partial charge in [-0.3, -0.25) is 4.79 Å². The quantitative estimate of drug-likeness (QED) is 0.803. The number of carbonyl (C=O) groups is 1. The third-order valence-corrected chi connectivity index (χ3v) is 5.34. The maximum Gasteiger partial charge on any atom is 0.236 e. The zero-order valence-corrected chi connectivity index (χ0v) is 12.5. The van der Waals surface area contributed by atoms with Gasteiger partial charge in [-0.2, -0.15) is 11.8 Å². The Morgan fingerprint density at radius 1 is 1.22 bits per heavy atom. The summed E-state index contributed by atoms with van der Waals surface area (Å²) < 4.78 is 0. The van der Waals surface area contributed by atoms with Gasteiger partial charge in [0.05, 0.1) is 6.54 Å². The van der Waals surface area contributed by atoms with Crippen LogP contribution in [-0.4, -0.2) is 47.5 Å². The van der Waals surface area contributed by atoms with Gasteiger partial charge in [0, 0.05) is 23.9 Å². The van der Waals surface area contributed by atoms with E-state index in [9.17, 15) is 4.79 Å². The first-order valence-corrected chi connectivity index (χ1v) is 8.59.